The SMILES string of the molecule is CCNS(=O)(=O)C1C(C)COCC1C. The largest absolute Gasteiger partial charge is 0.381 e. The topological polar surface area (TPSA) is 55.4 Å². The summed E-state index contributed by atoms with van der Waals surface area (Å²) < 4.78 is 31.6. The molecule has 4 nitrogen and oxygen atoms in total. The summed E-state index contributed by atoms with van der Waals surface area (Å²) in [5.41, 5.74) is 0. The van der Waals surface area contributed by atoms with Crippen LogP contribution in [0.5, 0.6) is 0 Å². The summed E-state index contributed by atoms with van der Waals surface area (Å²) in [6, 6.07) is 0. The molecule has 0 saturated carbocycles. The third-order valence-electron chi connectivity index (χ3n) is 2.59. The van der Waals surface area contributed by atoms with Crippen LogP contribution < -0.4 is 4.72 Å². The summed E-state index contributed by atoms with van der Waals surface area (Å²) in [7, 11) is -3.16. The van der Waals surface area contributed by atoms with E-state index < -0.39 is 10.0 Å². The lowest BCUT2D eigenvalue weighted by Gasteiger charge is -2.33. The van der Waals surface area contributed by atoms with Crippen LogP contribution in [0.1, 0.15) is 20.8 Å². The van der Waals surface area contributed by atoms with Crippen LogP contribution in [-0.4, -0.2) is 33.4 Å². The van der Waals surface area contributed by atoms with Gasteiger partial charge in [-0.3, -0.25) is 0 Å². The lowest BCUT2D eigenvalue weighted by atomic mass is 9.95. The van der Waals surface area contributed by atoms with Crippen molar-refractivity contribution in [1.29, 1.82) is 0 Å². The Morgan fingerprint density at radius 1 is 1.29 bits per heavy atom. The number of sulfonamides is 1. The van der Waals surface area contributed by atoms with Crippen molar-refractivity contribution in [3.63, 3.8) is 0 Å². The zero-order valence-electron chi connectivity index (χ0n) is 8.99. The van der Waals surface area contributed by atoms with Gasteiger partial charge in [-0.05, 0) is 11.8 Å². The molecule has 0 spiro atoms. The zero-order chi connectivity index (χ0) is 10.8. The second-order valence-electron chi connectivity index (χ2n) is 4.00. The van der Waals surface area contributed by atoms with E-state index in [1.165, 1.54) is 0 Å². The van der Waals surface area contributed by atoms with Crippen molar-refractivity contribution in [2.75, 3.05) is 19.8 Å². The van der Waals surface area contributed by atoms with Gasteiger partial charge in [0.05, 0.1) is 18.5 Å². The fraction of sp³-hybridized carbons (Fsp3) is 1.00. The summed E-state index contributed by atoms with van der Waals surface area (Å²) in [6.45, 7) is 7.19. The van der Waals surface area contributed by atoms with Gasteiger partial charge >= 0.3 is 0 Å². The summed E-state index contributed by atoms with van der Waals surface area (Å²) in [5.74, 6) is 0.144. The molecule has 0 radical (unpaired) electrons. The normalized spacial score (nSPS) is 34.4. The number of rotatable bonds is 3. The van der Waals surface area contributed by atoms with E-state index in [2.05, 4.69) is 4.72 Å². The highest BCUT2D eigenvalue weighted by Crippen LogP contribution is 2.25. The standard InChI is InChI=1S/C9H19NO3S/c1-4-10-14(11,12)9-7(2)5-13-6-8(9)3/h7-10H,4-6H2,1-3H3. The minimum absolute atomic E-state index is 0.0720. The highest BCUT2D eigenvalue weighted by atomic mass is 32.2. The van der Waals surface area contributed by atoms with E-state index in [0.717, 1.165) is 0 Å². The second kappa shape index (κ2) is 4.59. The molecule has 1 aliphatic rings. The maximum absolute atomic E-state index is 11.8. The number of nitrogens with one attached hydrogen (secondary N) is 1. The van der Waals surface area contributed by atoms with Gasteiger partial charge in [-0.2, -0.15) is 0 Å². The van der Waals surface area contributed by atoms with E-state index in [4.69, 9.17) is 4.74 Å². The predicted molar refractivity (Wildman–Crippen MR) is 55.5 cm³/mol. The van der Waals surface area contributed by atoms with Crippen molar-refractivity contribution < 1.29 is 13.2 Å². The lowest BCUT2D eigenvalue weighted by Crippen LogP contribution is -2.47. The molecule has 0 aromatic heterocycles. The van der Waals surface area contributed by atoms with Crippen LogP contribution >= 0.6 is 0 Å². The van der Waals surface area contributed by atoms with Gasteiger partial charge in [0.25, 0.3) is 0 Å². The molecule has 2 unspecified atom stereocenters. The second-order valence-corrected chi connectivity index (χ2v) is 5.92. The Morgan fingerprint density at radius 3 is 2.21 bits per heavy atom. The van der Waals surface area contributed by atoms with Crippen LogP contribution in [-0.2, 0) is 14.8 Å². The third kappa shape index (κ3) is 2.46. The molecule has 0 aromatic rings. The maximum atomic E-state index is 11.8. The van der Waals surface area contributed by atoms with Crippen LogP contribution in [0.2, 0.25) is 0 Å². The van der Waals surface area contributed by atoms with Crippen LogP contribution in [0.3, 0.4) is 0 Å². The lowest BCUT2D eigenvalue weighted by molar-refractivity contribution is 0.0300. The molecule has 0 amide bonds. The predicted octanol–water partition coefficient (Wildman–Crippen LogP) is 0.597. The van der Waals surface area contributed by atoms with Crippen molar-refractivity contribution >= 4 is 10.0 Å². The Balaban J connectivity index is 2.82. The smallest absolute Gasteiger partial charge is 0.215 e. The van der Waals surface area contributed by atoms with Crippen molar-refractivity contribution in [2.45, 2.75) is 26.0 Å². The fourth-order valence-electron chi connectivity index (χ4n) is 2.10. The first-order valence-corrected chi connectivity index (χ1v) is 6.60. The monoisotopic (exact) mass is 221 g/mol. The van der Waals surface area contributed by atoms with Crippen LogP contribution in [0.4, 0.5) is 0 Å². The van der Waals surface area contributed by atoms with Gasteiger partial charge in [-0.25, -0.2) is 13.1 Å². The van der Waals surface area contributed by atoms with E-state index in [1.807, 2.05) is 13.8 Å². The molecule has 0 bridgehead atoms. The van der Waals surface area contributed by atoms with Crippen molar-refractivity contribution in [3.8, 4) is 0 Å². The molecule has 1 rings (SSSR count). The number of ether oxygens (including phenoxy) is 1. The average molecular weight is 221 g/mol. The molecule has 5 heteroatoms. The van der Waals surface area contributed by atoms with Gasteiger partial charge in [-0.1, -0.05) is 20.8 Å². The summed E-state index contributed by atoms with van der Waals surface area (Å²) in [6.07, 6.45) is 0. The fourth-order valence-corrected chi connectivity index (χ4v) is 4.07. The van der Waals surface area contributed by atoms with Gasteiger partial charge in [0.1, 0.15) is 0 Å². The molecule has 0 aliphatic carbocycles. The van der Waals surface area contributed by atoms with Gasteiger partial charge in [0.2, 0.25) is 10.0 Å². The molecule has 1 heterocycles. The molecule has 1 saturated heterocycles. The highest BCUT2D eigenvalue weighted by molar-refractivity contribution is 7.90. The van der Waals surface area contributed by atoms with Crippen LogP contribution in [0, 0.1) is 11.8 Å². The van der Waals surface area contributed by atoms with Crippen molar-refractivity contribution in [2.24, 2.45) is 11.8 Å². The van der Waals surface area contributed by atoms with Gasteiger partial charge < -0.3 is 4.74 Å². The minimum Gasteiger partial charge on any atom is -0.381 e. The van der Waals surface area contributed by atoms with E-state index in [9.17, 15) is 8.42 Å². The number of hydrogen-bond acceptors (Lipinski definition) is 3. The first-order chi connectivity index (χ1) is 6.49. The molecule has 0 aromatic carbocycles. The molecule has 2 atom stereocenters. The quantitative estimate of drug-likeness (QED) is 0.759. The van der Waals surface area contributed by atoms with E-state index in [1.54, 1.807) is 6.92 Å². The Bertz CT molecular complexity index is 266. The first-order valence-electron chi connectivity index (χ1n) is 5.05. The Morgan fingerprint density at radius 2 is 1.79 bits per heavy atom. The van der Waals surface area contributed by atoms with Gasteiger partial charge in [0.15, 0.2) is 0 Å². The molecule has 1 N–H and O–H groups in total. The Labute approximate surface area is 86.1 Å². The van der Waals surface area contributed by atoms with Crippen molar-refractivity contribution in [3.05, 3.63) is 0 Å². The summed E-state index contributed by atoms with van der Waals surface area (Å²) in [4.78, 5) is 0. The third-order valence-corrected chi connectivity index (χ3v) is 4.92. The Kier molecular flexibility index (Phi) is 3.92. The summed E-state index contributed by atoms with van der Waals surface area (Å²) >= 11 is 0. The van der Waals surface area contributed by atoms with Crippen molar-refractivity contribution in [1.82, 2.24) is 4.72 Å². The molecule has 1 fully saturated rings. The molecule has 1 aliphatic heterocycles. The van der Waals surface area contributed by atoms with Crippen LogP contribution in [0.15, 0.2) is 0 Å². The van der Waals surface area contributed by atoms with E-state index in [-0.39, 0.29) is 17.1 Å². The highest BCUT2D eigenvalue weighted by Gasteiger charge is 2.38. The number of hydrogen-bond donors (Lipinski definition) is 1. The molecule has 84 valence electrons. The summed E-state index contributed by atoms with van der Waals surface area (Å²) in [5, 5.41) is -0.309. The van der Waals surface area contributed by atoms with E-state index in [0.29, 0.717) is 19.8 Å². The van der Waals surface area contributed by atoms with Crippen LogP contribution in [0.25, 0.3) is 0 Å². The zero-order valence-corrected chi connectivity index (χ0v) is 9.80. The molecular formula is C9H19NO3S. The molecular weight excluding hydrogens is 202 g/mol. The first kappa shape index (κ1) is 11.9. The molecule has 14 heavy (non-hydrogen) atoms. The maximum Gasteiger partial charge on any atom is 0.215 e. The van der Waals surface area contributed by atoms with E-state index >= 15 is 0 Å². The Hall–Kier alpha value is -0.130. The minimum atomic E-state index is -3.16. The van der Waals surface area contributed by atoms with Gasteiger partial charge in [-0.15, -0.1) is 0 Å². The average Bonchev–Trinajstić information content (AvgIpc) is 2.02. The van der Waals surface area contributed by atoms with Gasteiger partial charge in [0, 0.05) is 6.54 Å².